The lowest BCUT2D eigenvalue weighted by Gasteiger charge is -2.19. The van der Waals surface area contributed by atoms with Gasteiger partial charge in [0.05, 0.1) is 22.5 Å². The maximum Gasteiger partial charge on any atom is 0.446 e. The van der Waals surface area contributed by atoms with Crippen LogP contribution in [0.1, 0.15) is 31.9 Å². The van der Waals surface area contributed by atoms with Crippen LogP contribution >= 0.6 is 48.3 Å². The zero-order chi connectivity index (χ0) is 39.7. The molecule has 20 nitrogen and oxygen atoms in total. The van der Waals surface area contributed by atoms with E-state index in [9.17, 15) is 23.2 Å². The second-order valence-electron chi connectivity index (χ2n) is 11.5. The summed E-state index contributed by atoms with van der Waals surface area (Å²) < 4.78 is 53.2. The SMILES string of the molecule is CC(C)(C)OC(=O)NCCSc1nonc1-c1noc(=O)n1-c1ccc(F)c(C#N)c1.Cl.Cl.N#Cc1cc(-n2c(-c3nonc3SCCN)noc2=O)ccc1F. The number of thioether (sulfide) groups is 2. The van der Waals surface area contributed by atoms with Crippen LogP contribution in [0.4, 0.5) is 13.6 Å². The molecule has 3 N–H and O–H groups in total. The van der Waals surface area contributed by atoms with E-state index in [1.165, 1.54) is 47.8 Å². The number of ether oxygens (including phenoxy) is 1. The van der Waals surface area contributed by atoms with Gasteiger partial charge in [-0.25, -0.2) is 41.6 Å². The number of aromatic nitrogens is 8. The van der Waals surface area contributed by atoms with Crippen molar-refractivity contribution in [2.45, 2.75) is 36.4 Å². The highest BCUT2D eigenvalue weighted by atomic mass is 35.5. The zero-order valence-corrected chi connectivity index (χ0v) is 32.8. The normalized spacial score (nSPS) is 10.6. The molecule has 0 fully saturated rings. The van der Waals surface area contributed by atoms with Crippen LogP contribution in [0.15, 0.2) is 74.3 Å². The molecule has 2 aromatic carbocycles. The van der Waals surface area contributed by atoms with Gasteiger partial charge in [-0.15, -0.1) is 24.8 Å². The van der Waals surface area contributed by atoms with Crippen LogP contribution in [0.5, 0.6) is 0 Å². The van der Waals surface area contributed by atoms with Gasteiger partial charge in [0.1, 0.15) is 29.4 Å². The lowest BCUT2D eigenvalue weighted by molar-refractivity contribution is 0.0531. The van der Waals surface area contributed by atoms with Crippen molar-refractivity contribution in [2.75, 3.05) is 24.6 Å². The Bertz CT molecular complexity index is 2520. The Kier molecular flexibility index (Phi) is 16.1. The Morgan fingerprint density at radius 3 is 1.68 bits per heavy atom. The Hall–Kier alpha value is -6.05. The highest BCUT2D eigenvalue weighted by Crippen LogP contribution is 2.29. The predicted molar refractivity (Wildman–Crippen MR) is 199 cm³/mol. The number of nitrogens with one attached hydrogen (secondary N) is 1. The van der Waals surface area contributed by atoms with Crippen LogP contribution in [0, 0.1) is 34.3 Å². The lowest BCUT2D eigenvalue weighted by atomic mass is 10.2. The second kappa shape index (κ2) is 20.2. The van der Waals surface area contributed by atoms with Gasteiger partial charge in [0, 0.05) is 24.6 Å². The Labute approximate surface area is 339 Å². The van der Waals surface area contributed by atoms with Gasteiger partial charge >= 0.3 is 17.6 Å². The largest absolute Gasteiger partial charge is 0.446 e. The number of carbonyl (C=O) groups is 1. The van der Waals surface area contributed by atoms with E-state index in [4.69, 9.17) is 34.8 Å². The first kappa shape index (κ1) is 45.3. The standard InChI is InChI=1S/C18H17FN6O5S.C13H9FN6O3S.2ClH/c1-18(2,3)28-16(26)21-6-7-31-15-13(22-30-24-15)14-23-29-17(27)25(14)11-4-5-12(19)10(8-11)9-20;14-9-2-1-8(5-7(9)6-16)20-11(18-22-13(20)21)10-12(19-23-17-10)24-4-3-15;;/h4-5,8H,6-7H2,1-3H3,(H,21,26);1-2,5H,3-4,15H2;2*1H. The molecule has 0 saturated heterocycles. The molecule has 6 aromatic rings. The van der Waals surface area contributed by atoms with Gasteiger partial charge in [-0.05, 0) is 77.8 Å². The molecule has 57 heavy (non-hydrogen) atoms. The van der Waals surface area contributed by atoms with E-state index in [1.54, 1.807) is 32.9 Å². The van der Waals surface area contributed by atoms with Gasteiger partial charge in [0.25, 0.3) is 0 Å². The van der Waals surface area contributed by atoms with Crippen LogP contribution in [0.3, 0.4) is 0 Å². The first-order chi connectivity index (χ1) is 26.3. The molecule has 0 aliphatic rings. The molecule has 0 saturated carbocycles. The Balaban J connectivity index is 0.000000303. The molecule has 0 radical (unpaired) electrons. The summed E-state index contributed by atoms with van der Waals surface area (Å²) in [5.74, 6) is -2.19. The summed E-state index contributed by atoms with van der Waals surface area (Å²) in [4.78, 5) is 35.9. The molecule has 26 heteroatoms. The topological polar surface area (TPSA) is 286 Å². The zero-order valence-electron chi connectivity index (χ0n) is 29.5. The van der Waals surface area contributed by atoms with E-state index >= 15 is 0 Å². The van der Waals surface area contributed by atoms with Gasteiger partial charge in [0.15, 0.2) is 21.4 Å². The quantitative estimate of drug-likeness (QED) is 0.136. The average molecular weight is 870 g/mol. The number of hydrogen-bond acceptors (Lipinski definition) is 19. The Morgan fingerprint density at radius 2 is 1.26 bits per heavy atom. The molecular weight excluding hydrogens is 841 g/mol. The fraction of sp³-hybridized carbons (Fsp3) is 0.258. The highest BCUT2D eigenvalue weighted by Gasteiger charge is 2.25. The smallest absolute Gasteiger partial charge is 0.444 e. The van der Waals surface area contributed by atoms with Crippen LogP contribution in [0.2, 0.25) is 0 Å². The predicted octanol–water partition coefficient (Wildman–Crippen LogP) is 4.28. The monoisotopic (exact) mass is 868 g/mol. The van der Waals surface area contributed by atoms with E-state index in [0.717, 1.165) is 21.3 Å². The average Bonchev–Trinajstić information content (AvgIpc) is 3.96. The number of halogens is 4. The minimum absolute atomic E-state index is 0. The maximum absolute atomic E-state index is 13.6. The highest BCUT2D eigenvalue weighted by molar-refractivity contribution is 7.99. The van der Waals surface area contributed by atoms with Crippen LogP contribution in [0.25, 0.3) is 34.4 Å². The van der Waals surface area contributed by atoms with Crippen molar-refractivity contribution >= 4 is 54.4 Å². The number of benzene rings is 2. The molecule has 0 aliphatic heterocycles. The van der Waals surface area contributed by atoms with Gasteiger partial charge in [-0.2, -0.15) is 10.5 Å². The van der Waals surface area contributed by atoms with Gasteiger partial charge in [0.2, 0.25) is 11.6 Å². The van der Waals surface area contributed by atoms with Gasteiger partial charge in [-0.3, -0.25) is 9.05 Å². The van der Waals surface area contributed by atoms with Crippen molar-refractivity contribution in [2.24, 2.45) is 5.73 Å². The second-order valence-corrected chi connectivity index (χ2v) is 13.7. The summed E-state index contributed by atoms with van der Waals surface area (Å²) in [5, 5.41) is 43.6. The lowest BCUT2D eigenvalue weighted by Crippen LogP contribution is -2.33. The van der Waals surface area contributed by atoms with Crippen molar-refractivity contribution < 1.29 is 36.6 Å². The third-order valence-electron chi connectivity index (χ3n) is 6.57. The molecule has 6 rings (SSSR count). The molecule has 0 spiro atoms. The van der Waals surface area contributed by atoms with Crippen LogP contribution < -0.4 is 22.6 Å². The maximum atomic E-state index is 13.6. The van der Waals surface area contributed by atoms with E-state index in [0.29, 0.717) is 23.1 Å². The summed E-state index contributed by atoms with van der Waals surface area (Å²) in [6, 6.07) is 10.5. The van der Waals surface area contributed by atoms with Crippen LogP contribution in [-0.2, 0) is 4.74 Å². The van der Waals surface area contributed by atoms with Crippen molar-refractivity contribution in [1.82, 2.24) is 45.4 Å². The van der Waals surface area contributed by atoms with E-state index in [1.807, 2.05) is 0 Å². The minimum atomic E-state index is -0.865. The number of carbonyl (C=O) groups excluding carboxylic acids is 1. The van der Waals surface area contributed by atoms with Crippen molar-refractivity contribution in [3.8, 4) is 46.5 Å². The first-order valence-electron chi connectivity index (χ1n) is 15.5. The number of nitrogens with two attached hydrogens (primary N) is 1. The molecule has 0 aliphatic carbocycles. The summed E-state index contributed by atoms with van der Waals surface area (Å²) in [7, 11) is 0. The fourth-order valence-corrected chi connectivity index (χ4v) is 5.74. The molecule has 1 amide bonds. The number of nitriles is 2. The number of nitrogens with zero attached hydrogens (tertiary/aromatic N) is 10. The van der Waals surface area contributed by atoms with Crippen molar-refractivity contribution in [3.63, 3.8) is 0 Å². The molecule has 0 atom stereocenters. The van der Waals surface area contributed by atoms with E-state index in [2.05, 4.69) is 40.8 Å². The van der Waals surface area contributed by atoms with E-state index in [-0.39, 0.29) is 81.9 Å². The van der Waals surface area contributed by atoms with Crippen LogP contribution in [-0.4, -0.2) is 76.4 Å². The molecule has 4 aromatic heterocycles. The summed E-state index contributed by atoms with van der Waals surface area (Å²) >= 11 is 2.45. The molecule has 4 heterocycles. The minimum Gasteiger partial charge on any atom is -0.444 e. The van der Waals surface area contributed by atoms with Gasteiger partial charge in [-0.1, -0.05) is 33.8 Å². The summed E-state index contributed by atoms with van der Waals surface area (Å²) in [6.07, 6.45) is -0.554. The Morgan fingerprint density at radius 1 is 0.807 bits per heavy atom. The number of hydrogen-bond donors (Lipinski definition) is 2. The van der Waals surface area contributed by atoms with Crippen molar-refractivity contribution in [1.29, 1.82) is 10.5 Å². The molecule has 300 valence electrons. The third kappa shape index (κ3) is 11.0. The fourth-order valence-electron chi connectivity index (χ4n) is 4.32. The van der Waals surface area contributed by atoms with Crippen molar-refractivity contribution in [3.05, 3.63) is 80.3 Å². The summed E-state index contributed by atoms with van der Waals surface area (Å²) in [5.41, 5.74) is 5.02. The third-order valence-corrected chi connectivity index (χ3v) is 8.50. The number of amides is 1. The first-order valence-corrected chi connectivity index (χ1v) is 17.5. The number of alkyl carbamates (subject to hydrolysis) is 1. The van der Waals surface area contributed by atoms with Gasteiger partial charge < -0.3 is 15.8 Å². The summed E-state index contributed by atoms with van der Waals surface area (Å²) in [6.45, 7) is 5.94. The van der Waals surface area contributed by atoms with E-state index < -0.39 is 34.8 Å². The molecule has 0 bridgehead atoms. The number of rotatable bonds is 11. The molecule has 0 unspecified atom stereocenters. The molecular formula is C31H28Cl2F2N12O8S2.